The van der Waals surface area contributed by atoms with Crippen molar-refractivity contribution in [3.8, 4) is 0 Å². The molecule has 6 nitrogen and oxygen atoms in total. The molecule has 0 aliphatic carbocycles. The number of hydrogen-bond acceptors (Lipinski definition) is 6. The number of piperazine rings is 1. The Morgan fingerprint density at radius 1 is 0.964 bits per heavy atom. The van der Waals surface area contributed by atoms with Crippen LogP contribution in [0.15, 0.2) is 54.6 Å². The number of nitrogens with zero attached hydrogens (tertiary/aromatic N) is 3. The zero-order valence-corrected chi connectivity index (χ0v) is 17.0. The molecule has 0 bridgehead atoms. The number of carbonyl (C=O) groups is 1. The van der Waals surface area contributed by atoms with Gasteiger partial charge in [0.2, 0.25) is 5.91 Å². The van der Waals surface area contributed by atoms with E-state index in [4.69, 9.17) is 0 Å². The van der Waals surface area contributed by atoms with Crippen LogP contribution in [0.5, 0.6) is 0 Å². The van der Waals surface area contributed by atoms with Gasteiger partial charge in [-0.25, -0.2) is 13.4 Å². The summed E-state index contributed by atoms with van der Waals surface area (Å²) in [5.74, 6) is -0.867. The third-order valence-corrected chi connectivity index (χ3v) is 7.32. The van der Waals surface area contributed by atoms with Crippen LogP contribution >= 0.6 is 11.3 Å². The number of sulfone groups is 1. The minimum atomic E-state index is -3.48. The summed E-state index contributed by atoms with van der Waals surface area (Å²) < 4.78 is 25.9. The third-order valence-electron chi connectivity index (χ3n) is 4.76. The van der Waals surface area contributed by atoms with Crippen molar-refractivity contribution in [3.05, 3.63) is 60.2 Å². The second-order valence-corrected chi connectivity index (χ2v) is 9.92. The lowest BCUT2D eigenvalue weighted by Crippen LogP contribution is -2.50. The number of amides is 1. The predicted octanol–water partition coefficient (Wildman–Crippen LogP) is 2.56. The zero-order chi connectivity index (χ0) is 19.6. The molecular weight excluding hydrogens is 394 g/mol. The molecule has 1 aromatic heterocycles. The summed E-state index contributed by atoms with van der Waals surface area (Å²) in [4.78, 5) is 21.0. The van der Waals surface area contributed by atoms with Crippen LogP contribution in [0.4, 0.5) is 5.13 Å². The average Bonchev–Trinajstić information content (AvgIpc) is 3.12. The first-order valence-electron chi connectivity index (χ1n) is 9.13. The highest BCUT2D eigenvalue weighted by Gasteiger charge is 2.26. The van der Waals surface area contributed by atoms with Gasteiger partial charge in [0, 0.05) is 26.2 Å². The Kier molecular flexibility index (Phi) is 5.32. The molecular formula is C20H21N3O3S2. The summed E-state index contributed by atoms with van der Waals surface area (Å²) in [5.41, 5.74) is 1.68. The standard InChI is InChI=1S/C20H21N3O3S2/c24-19(15-28(25,26)14-16-6-2-1-3-7-16)22-10-12-23(13-11-22)20-21-17-8-4-5-9-18(17)27-20/h1-9H,10-15H2. The van der Waals surface area contributed by atoms with Gasteiger partial charge in [-0.05, 0) is 17.7 Å². The van der Waals surface area contributed by atoms with Crippen molar-refractivity contribution in [2.24, 2.45) is 0 Å². The highest BCUT2D eigenvalue weighted by molar-refractivity contribution is 7.91. The molecule has 28 heavy (non-hydrogen) atoms. The van der Waals surface area contributed by atoms with Gasteiger partial charge in [-0.1, -0.05) is 53.8 Å². The number of benzene rings is 2. The average molecular weight is 416 g/mol. The summed E-state index contributed by atoms with van der Waals surface area (Å²) in [7, 11) is -3.48. The number of anilines is 1. The van der Waals surface area contributed by atoms with Crippen LogP contribution in [-0.2, 0) is 20.4 Å². The Balaban J connectivity index is 1.34. The molecule has 2 heterocycles. The quantitative estimate of drug-likeness (QED) is 0.641. The maximum Gasteiger partial charge on any atom is 0.237 e. The van der Waals surface area contributed by atoms with E-state index in [0.29, 0.717) is 31.7 Å². The molecule has 146 valence electrons. The fraction of sp³-hybridized carbons (Fsp3) is 0.300. The number of aromatic nitrogens is 1. The fourth-order valence-corrected chi connectivity index (χ4v) is 5.68. The summed E-state index contributed by atoms with van der Waals surface area (Å²) in [6.07, 6.45) is 0. The Morgan fingerprint density at radius 2 is 1.64 bits per heavy atom. The Morgan fingerprint density at radius 3 is 2.36 bits per heavy atom. The molecule has 1 fully saturated rings. The molecule has 0 spiro atoms. The Bertz CT molecular complexity index is 1040. The fourth-order valence-electron chi connectivity index (χ4n) is 3.30. The van der Waals surface area contributed by atoms with Crippen molar-refractivity contribution in [2.45, 2.75) is 5.75 Å². The predicted molar refractivity (Wildman–Crippen MR) is 112 cm³/mol. The first-order chi connectivity index (χ1) is 13.5. The summed E-state index contributed by atoms with van der Waals surface area (Å²) >= 11 is 1.64. The van der Waals surface area contributed by atoms with E-state index in [2.05, 4.69) is 9.88 Å². The van der Waals surface area contributed by atoms with Crippen LogP contribution in [0.25, 0.3) is 10.2 Å². The number of fused-ring (bicyclic) bond motifs is 1. The van der Waals surface area contributed by atoms with Gasteiger partial charge in [0.25, 0.3) is 0 Å². The highest BCUT2D eigenvalue weighted by Crippen LogP contribution is 2.29. The van der Waals surface area contributed by atoms with Gasteiger partial charge in [-0.2, -0.15) is 0 Å². The van der Waals surface area contributed by atoms with E-state index in [-0.39, 0.29) is 11.7 Å². The number of hydrogen-bond donors (Lipinski definition) is 0. The molecule has 0 unspecified atom stereocenters. The van der Waals surface area contributed by atoms with E-state index < -0.39 is 15.6 Å². The molecule has 0 N–H and O–H groups in total. The van der Waals surface area contributed by atoms with Crippen LogP contribution < -0.4 is 4.90 Å². The molecule has 1 amide bonds. The second-order valence-electron chi connectivity index (χ2n) is 6.85. The van der Waals surface area contributed by atoms with Crippen molar-refractivity contribution < 1.29 is 13.2 Å². The van der Waals surface area contributed by atoms with Gasteiger partial charge >= 0.3 is 0 Å². The molecule has 8 heteroatoms. The van der Waals surface area contributed by atoms with Gasteiger partial charge in [0.15, 0.2) is 15.0 Å². The molecule has 3 aromatic rings. The van der Waals surface area contributed by atoms with E-state index in [0.717, 1.165) is 15.3 Å². The lowest BCUT2D eigenvalue weighted by Gasteiger charge is -2.34. The Hall–Kier alpha value is -2.45. The minimum absolute atomic E-state index is 0.106. The number of carbonyl (C=O) groups excluding carboxylic acids is 1. The van der Waals surface area contributed by atoms with E-state index >= 15 is 0 Å². The van der Waals surface area contributed by atoms with Crippen LogP contribution in [0, 0.1) is 0 Å². The maximum absolute atomic E-state index is 12.5. The van der Waals surface area contributed by atoms with Gasteiger partial charge in [-0.3, -0.25) is 4.79 Å². The number of para-hydroxylation sites is 1. The third kappa shape index (κ3) is 4.34. The molecule has 2 aromatic carbocycles. The summed E-state index contributed by atoms with van der Waals surface area (Å²) in [6.45, 7) is 2.33. The zero-order valence-electron chi connectivity index (χ0n) is 15.3. The minimum Gasteiger partial charge on any atom is -0.345 e. The maximum atomic E-state index is 12.5. The van der Waals surface area contributed by atoms with Crippen molar-refractivity contribution >= 4 is 42.4 Å². The van der Waals surface area contributed by atoms with Crippen molar-refractivity contribution in [2.75, 3.05) is 36.8 Å². The van der Waals surface area contributed by atoms with Crippen LogP contribution in [-0.4, -0.2) is 56.1 Å². The lowest BCUT2D eigenvalue weighted by molar-refractivity contribution is -0.128. The van der Waals surface area contributed by atoms with E-state index in [9.17, 15) is 13.2 Å². The van der Waals surface area contributed by atoms with Gasteiger partial charge < -0.3 is 9.80 Å². The molecule has 1 aliphatic heterocycles. The Labute approximate surface area is 168 Å². The number of thiazole rings is 1. The first-order valence-corrected chi connectivity index (χ1v) is 11.8. The van der Waals surface area contributed by atoms with E-state index in [1.54, 1.807) is 40.5 Å². The molecule has 0 atom stereocenters. The van der Waals surface area contributed by atoms with Gasteiger partial charge in [-0.15, -0.1) is 0 Å². The second kappa shape index (κ2) is 7.89. The smallest absolute Gasteiger partial charge is 0.237 e. The molecule has 0 radical (unpaired) electrons. The van der Waals surface area contributed by atoms with Gasteiger partial charge in [0.1, 0.15) is 5.75 Å². The molecule has 4 rings (SSSR count). The van der Waals surface area contributed by atoms with Crippen molar-refractivity contribution in [3.63, 3.8) is 0 Å². The molecule has 0 saturated carbocycles. The molecule has 1 saturated heterocycles. The van der Waals surface area contributed by atoms with E-state index in [1.165, 1.54) is 0 Å². The van der Waals surface area contributed by atoms with Crippen LogP contribution in [0.2, 0.25) is 0 Å². The van der Waals surface area contributed by atoms with Crippen LogP contribution in [0.3, 0.4) is 0 Å². The summed E-state index contributed by atoms with van der Waals surface area (Å²) in [5, 5.41) is 0.949. The number of rotatable bonds is 5. The highest BCUT2D eigenvalue weighted by atomic mass is 32.2. The largest absolute Gasteiger partial charge is 0.345 e. The van der Waals surface area contributed by atoms with E-state index in [1.807, 2.05) is 30.3 Å². The van der Waals surface area contributed by atoms with Crippen LogP contribution in [0.1, 0.15) is 5.56 Å². The molecule has 1 aliphatic rings. The van der Waals surface area contributed by atoms with Crippen molar-refractivity contribution in [1.29, 1.82) is 0 Å². The topological polar surface area (TPSA) is 70.6 Å². The normalized spacial score (nSPS) is 15.1. The first kappa shape index (κ1) is 18.9. The van der Waals surface area contributed by atoms with Crippen molar-refractivity contribution in [1.82, 2.24) is 9.88 Å². The SMILES string of the molecule is O=C(CS(=O)(=O)Cc1ccccc1)N1CCN(c2nc3ccccc3s2)CC1. The lowest BCUT2D eigenvalue weighted by atomic mass is 10.2. The summed E-state index contributed by atoms with van der Waals surface area (Å²) in [6, 6.07) is 17.0. The van der Waals surface area contributed by atoms with Gasteiger partial charge in [0.05, 0.1) is 16.0 Å². The monoisotopic (exact) mass is 415 g/mol.